The first-order valence-electron chi connectivity index (χ1n) is 6.95. The number of nitrogens with zero attached hydrogens (tertiary/aromatic N) is 2. The molecule has 2 aromatic carbocycles. The minimum absolute atomic E-state index is 0.773. The predicted molar refractivity (Wildman–Crippen MR) is 90.8 cm³/mol. The minimum Gasteiger partial charge on any atom is -0.350 e. The molecule has 1 aliphatic rings. The fourth-order valence-corrected chi connectivity index (χ4v) is 3.34. The van der Waals surface area contributed by atoms with Crippen LogP contribution in [-0.4, -0.2) is 11.6 Å². The van der Waals surface area contributed by atoms with Gasteiger partial charge in [-0.3, -0.25) is 0 Å². The number of hydrogen-bond acceptors (Lipinski definition) is 1. The Morgan fingerprint density at radius 3 is 2.67 bits per heavy atom. The SMILES string of the molecule is CN1C=Cc2c(c3cc(Cl)ccc3n2C)-c2ccccc21. The Morgan fingerprint density at radius 2 is 1.81 bits per heavy atom. The molecule has 0 saturated heterocycles. The molecule has 0 saturated carbocycles. The number of aromatic nitrogens is 1. The average Bonchev–Trinajstić information content (AvgIpc) is 2.66. The third kappa shape index (κ3) is 1.72. The fourth-order valence-electron chi connectivity index (χ4n) is 3.17. The summed E-state index contributed by atoms with van der Waals surface area (Å²) in [5.74, 6) is 0. The van der Waals surface area contributed by atoms with Crippen LogP contribution in [-0.2, 0) is 7.05 Å². The number of anilines is 1. The molecule has 0 atom stereocenters. The highest BCUT2D eigenvalue weighted by Gasteiger charge is 2.20. The van der Waals surface area contributed by atoms with Crippen molar-refractivity contribution in [3.05, 3.63) is 59.4 Å². The van der Waals surface area contributed by atoms with Gasteiger partial charge >= 0.3 is 0 Å². The number of para-hydroxylation sites is 1. The molecule has 0 N–H and O–H groups in total. The lowest BCUT2D eigenvalue weighted by Gasteiger charge is -2.16. The zero-order valence-corrected chi connectivity index (χ0v) is 12.7. The van der Waals surface area contributed by atoms with Crippen LogP contribution in [0.1, 0.15) is 5.69 Å². The molecule has 3 heteroatoms. The number of benzene rings is 2. The maximum absolute atomic E-state index is 6.23. The Kier molecular flexibility index (Phi) is 2.63. The lowest BCUT2D eigenvalue weighted by molar-refractivity contribution is 0.956. The minimum atomic E-state index is 0.773. The quantitative estimate of drug-likeness (QED) is 0.571. The van der Waals surface area contributed by atoms with E-state index in [1.54, 1.807) is 0 Å². The molecule has 1 aliphatic heterocycles. The molecule has 21 heavy (non-hydrogen) atoms. The zero-order chi connectivity index (χ0) is 14.6. The van der Waals surface area contributed by atoms with Crippen LogP contribution >= 0.6 is 11.6 Å². The predicted octanol–water partition coefficient (Wildman–Crippen LogP) is 4.92. The molecule has 4 rings (SSSR count). The maximum Gasteiger partial charge on any atom is 0.0510 e. The van der Waals surface area contributed by atoms with Crippen molar-refractivity contribution in [1.82, 2.24) is 4.57 Å². The Hall–Kier alpha value is -2.19. The molecular formula is C18H15ClN2. The lowest BCUT2D eigenvalue weighted by atomic mass is 10.0. The maximum atomic E-state index is 6.23. The van der Waals surface area contributed by atoms with Crippen LogP contribution in [0.4, 0.5) is 5.69 Å². The van der Waals surface area contributed by atoms with Gasteiger partial charge in [-0.1, -0.05) is 29.8 Å². The van der Waals surface area contributed by atoms with Crippen LogP contribution in [0.15, 0.2) is 48.7 Å². The van der Waals surface area contributed by atoms with Gasteiger partial charge in [-0.15, -0.1) is 0 Å². The highest BCUT2D eigenvalue weighted by molar-refractivity contribution is 6.31. The molecule has 0 spiro atoms. The topological polar surface area (TPSA) is 8.17 Å². The van der Waals surface area contributed by atoms with Crippen LogP contribution < -0.4 is 4.90 Å². The number of rotatable bonds is 0. The van der Waals surface area contributed by atoms with Crippen LogP contribution in [0.25, 0.3) is 28.1 Å². The lowest BCUT2D eigenvalue weighted by Crippen LogP contribution is -2.07. The van der Waals surface area contributed by atoms with Gasteiger partial charge in [-0.05, 0) is 30.3 Å². The van der Waals surface area contributed by atoms with Gasteiger partial charge < -0.3 is 9.47 Å². The van der Waals surface area contributed by atoms with Gasteiger partial charge in [0.2, 0.25) is 0 Å². The standard InChI is InChI=1S/C18H15ClN2/c1-20-10-9-17-18(13-5-3-4-6-15(13)20)14-11-12(19)7-8-16(14)21(17)2/h3-11H,1-2H3. The molecule has 3 aromatic rings. The fraction of sp³-hybridized carbons (Fsp3) is 0.111. The van der Waals surface area contributed by atoms with Crippen molar-refractivity contribution in [2.24, 2.45) is 7.05 Å². The Morgan fingerprint density at radius 1 is 1.00 bits per heavy atom. The molecule has 0 fully saturated rings. The van der Waals surface area contributed by atoms with E-state index < -0.39 is 0 Å². The average molecular weight is 295 g/mol. The summed E-state index contributed by atoms with van der Waals surface area (Å²) in [7, 11) is 4.18. The van der Waals surface area contributed by atoms with Crippen molar-refractivity contribution in [1.29, 1.82) is 0 Å². The Labute approximate surface area is 128 Å². The van der Waals surface area contributed by atoms with E-state index in [4.69, 9.17) is 11.6 Å². The van der Waals surface area contributed by atoms with Crippen molar-refractivity contribution in [3.8, 4) is 11.1 Å². The van der Waals surface area contributed by atoms with E-state index in [1.807, 2.05) is 6.07 Å². The first kappa shape index (κ1) is 12.5. The number of hydrogen-bond donors (Lipinski definition) is 0. The van der Waals surface area contributed by atoms with Crippen molar-refractivity contribution >= 4 is 34.3 Å². The summed E-state index contributed by atoms with van der Waals surface area (Å²) in [5, 5.41) is 1.97. The largest absolute Gasteiger partial charge is 0.350 e. The smallest absolute Gasteiger partial charge is 0.0510 e. The summed E-state index contributed by atoms with van der Waals surface area (Å²) in [4.78, 5) is 2.16. The highest BCUT2D eigenvalue weighted by atomic mass is 35.5. The molecule has 0 unspecified atom stereocenters. The molecule has 0 aliphatic carbocycles. The van der Waals surface area contributed by atoms with E-state index in [-0.39, 0.29) is 0 Å². The van der Waals surface area contributed by atoms with E-state index in [1.165, 1.54) is 33.4 Å². The number of aryl methyl sites for hydroxylation is 1. The molecule has 104 valence electrons. The second-order valence-corrected chi connectivity index (χ2v) is 5.86. The Bertz CT molecular complexity index is 890. The van der Waals surface area contributed by atoms with Gasteiger partial charge in [0.05, 0.1) is 5.69 Å². The molecule has 0 amide bonds. The van der Waals surface area contributed by atoms with E-state index in [2.05, 4.69) is 72.2 Å². The third-order valence-electron chi connectivity index (χ3n) is 4.22. The van der Waals surface area contributed by atoms with Crippen LogP contribution in [0, 0.1) is 0 Å². The van der Waals surface area contributed by atoms with Crippen LogP contribution in [0.5, 0.6) is 0 Å². The third-order valence-corrected chi connectivity index (χ3v) is 4.45. The van der Waals surface area contributed by atoms with Crippen molar-refractivity contribution in [3.63, 3.8) is 0 Å². The van der Waals surface area contributed by atoms with Crippen molar-refractivity contribution < 1.29 is 0 Å². The summed E-state index contributed by atoms with van der Waals surface area (Å²) in [5.41, 5.74) is 6.12. The molecule has 2 nitrogen and oxygen atoms in total. The molecular weight excluding hydrogens is 280 g/mol. The van der Waals surface area contributed by atoms with E-state index >= 15 is 0 Å². The molecule has 2 heterocycles. The summed E-state index contributed by atoms with van der Waals surface area (Å²) >= 11 is 6.23. The van der Waals surface area contributed by atoms with Gasteiger partial charge in [0.1, 0.15) is 0 Å². The van der Waals surface area contributed by atoms with Gasteiger partial charge in [-0.2, -0.15) is 0 Å². The Balaban J connectivity index is 2.20. The molecule has 0 bridgehead atoms. The summed E-state index contributed by atoms with van der Waals surface area (Å²) in [6.45, 7) is 0. The van der Waals surface area contributed by atoms with E-state index in [0.717, 1.165) is 5.02 Å². The van der Waals surface area contributed by atoms with Gasteiger partial charge in [-0.25, -0.2) is 0 Å². The summed E-state index contributed by atoms with van der Waals surface area (Å²) in [6.07, 6.45) is 4.29. The normalized spacial score (nSPS) is 13.2. The van der Waals surface area contributed by atoms with E-state index in [9.17, 15) is 0 Å². The van der Waals surface area contributed by atoms with Gasteiger partial charge in [0.15, 0.2) is 0 Å². The summed E-state index contributed by atoms with van der Waals surface area (Å²) in [6, 6.07) is 14.6. The zero-order valence-electron chi connectivity index (χ0n) is 12.0. The van der Waals surface area contributed by atoms with Crippen molar-refractivity contribution in [2.75, 3.05) is 11.9 Å². The first-order valence-corrected chi connectivity index (χ1v) is 7.33. The number of halogens is 1. The second-order valence-electron chi connectivity index (χ2n) is 5.42. The van der Waals surface area contributed by atoms with Crippen LogP contribution in [0.2, 0.25) is 5.02 Å². The monoisotopic (exact) mass is 294 g/mol. The number of fused-ring (bicyclic) bond motifs is 5. The highest BCUT2D eigenvalue weighted by Crippen LogP contribution is 2.42. The second kappa shape index (κ2) is 4.40. The van der Waals surface area contributed by atoms with Crippen LogP contribution in [0.3, 0.4) is 0 Å². The van der Waals surface area contributed by atoms with Gasteiger partial charge in [0, 0.05) is 53.0 Å². The summed E-state index contributed by atoms with van der Waals surface area (Å²) < 4.78 is 2.23. The first-order chi connectivity index (χ1) is 10.2. The molecule has 0 radical (unpaired) electrons. The van der Waals surface area contributed by atoms with Gasteiger partial charge in [0.25, 0.3) is 0 Å². The van der Waals surface area contributed by atoms with E-state index in [0.29, 0.717) is 0 Å². The molecule has 1 aromatic heterocycles. The van der Waals surface area contributed by atoms with Crippen molar-refractivity contribution in [2.45, 2.75) is 0 Å².